The van der Waals surface area contributed by atoms with Crippen molar-refractivity contribution >= 4 is 0 Å². The van der Waals surface area contributed by atoms with Crippen LogP contribution in [0.25, 0.3) is 0 Å². The molecule has 0 spiro atoms. The molecule has 1 aromatic rings. The molecule has 4 rings (SSSR count). The smallest absolute Gasteiger partial charge is 0.165 e. The van der Waals surface area contributed by atoms with Gasteiger partial charge >= 0.3 is 0 Å². The molecule has 1 unspecified atom stereocenters. The summed E-state index contributed by atoms with van der Waals surface area (Å²) >= 11 is 0. The Labute approximate surface area is 125 Å². The van der Waals surface area contributed by atoms with Crippen LogP contribution in [0.4, 0.5) is 0 Å². The Morgan fingerprint density at radius 1 is 1.38 bits per heavy atom. The summed E-state index contributed by atoms with van der Waals surface area (Å²) in [7, 11) is 3.83. The molecule has 0 saturated heterocycles. The first-order valence-electron chi connectivity index (χ1n) is 7.61. The molecule has 112 valence electrons. The molecule has 4 heteroatoms. The van der Waals surface area contributed by atoms with Crippen LogP contribution in [-0.4, -0.2) is 42.9 Å². The van der Waals surface area contributed by atoms with E-state index in [1.54, 1.807) is 7.11 Å². The van der Waals surface area contributed by atoms with Crippen molar-refractivity contribution < 1.29 is 14.6 Å². The first-order chi connectivity index (χ1) is 10.2. The van der Waals surface area contributed by atoms with E-state index in [1.807, 2.05) is 12.1 Å². The van der Waals surface area contributed by atoms with Gasteiger partial charge in [-0.1, -0.05) is 17.7 Å². The van der Waals surface area contributed by atoms with Gasteiger partial charge in [-0.05, 0) is 25.1 Å². The number of ether oxygens (including phenoxy) is 2. The van der Waals surface area contributed by atoms with Gasteiger partial charge in [0.25, 0.3) is 0 Å². The molecular weight excluding hydrogens is 266 g/mol. The molecule has 3 atom stereocenters. The first kappa shape index (κ1) is 13.2. The number of aliphatic hydroxyl groups is 1. The lowest BCUT2D eigenvalue weighted by Crippen LogP contribution is -2.33. The number of benzene rings is 1. The van der Waals surface area contributed by atoms with Crippen molar-refractivity contribution in [3.8, 4) is 11.5 Å². The molecule has 1 aromatic carbocycles. The summed E-state index contributed by atoms with van der Waals surface area (Å²) in [6.45, 7) is 1.96. The molecule has 1 aliphatic carbocycles. The highest BCUT2D eigenvalue weighted by molar-refractivity contribution is 5.59. The van der Waals surface area contributed by atoms with Crippen LogP contribution in [0.2, 0.25) is 0 Å². The van der Waals surface area contributed by atoms with E-state index >= 15 is 0 Å². The summed E-state index contributed by atoms with van der Waals surface area (Å²) in [6.07, 6.45) is 3.36. The van der Waals surface area contributed by atoms with Crippen molar-refractivity contribution in [1.82, 2.24) is 4.90 Å². The normalized spacial score (nSPS) is 30.8. The summed E-state index contributed by atoms with van der Waals surface area (Å²) < 4.78 is 11.7. The lowest BCUT2D eigenvalue weighted by Gasteiger charge is -2.32. The Balaban J connectivity index is 1.91. The Morgan fingerprint density at radius 2 is 2.24 bits per heavy atom. The molecule has 4 nitrogen and oxygen atoms in total. The predicted molar refractivity (Wildman–Crippen MR) is 79.8 cm³/mol. The molecule has 0 fully saturated rings. The van der Waals surface area contributed by atoms with Gasteiger partial charge in [0.1, 0.15) is 6.10 Å². The molecule has 2 aliphatic heterocycles. The summed E-state index contributed by atoms with van der Waals surface area (Å²) in [4.78, 5) is 2.33. The highest BCUT2D eigenvalue weighted by Crippen LogP contribution is 2.53. The maximum Gasteiger partial charge on any atom is 0.165 e. The van der Waals surface area contributed by atoms with Crippen molar-refractivity contribution in [2.75, 3.05) is 20.7 Å². The van der Waals surface area contributed by atoms with Gasteiger partial charge in [0.15, 0.2) is 11.5 Å². The van der Waals surface area contributed by atoms with Crippen molar-refractivity contribution in [3.63, 3.8) is 0 Å². The Morgan fingerprint density at radius 3 is 3.05 bits per heavy atom. The second kappa shape index (κ2) is 4.75. The third kappa shape index (κ3) is 1.97. The monoisotopic (exact) mass is 287 g/mol. The van der Waals surface area contributed by atoms with Crippen LogP contribution >= 0.6 is 0 Å². The number of methoxy groups -OCH3 is 1. The molecule has 0 aromatic heterocycles. The molecule has 0 radical (unpaired) electrons. The van der Waals surface area contributed by atoms with Crippen LogP contribution in [0.15, 0.2) is 23.8 Å². The number of hydrogen-bond acceptors (Lipinski definition) is 4. The van der Waals surface area contributed by atoms with Crippen LogP contribution in [-0.2, 0) is 6.54 Å². The molecule has 0 bridgehead atoms. The third-order valence-corrected chi connectivity index (χ3v) is 4.92. The van der Waals surface area contributed by atoms with E-state index in [0.29, 0.717) is 12.3 Å². The van der Waals surface area contributed by atoms with Crippen molar-refractivity contribution in [2.24, 2.45) is 0 Å². The predicted octanol–water partition coefficient (Wildman–Crippen LogP) is 2.07. The highest BCUT2D eigenvalue weighted by Gasteiger charge is 2.44. The Bertz CT molecular complexity index is 610. The topological polar surface area (TPSA) is 41.9 Å². The van der Waals surface area contributed by atoms with E-state index in [-0.39, 0.29) is 6.10 Å². The Hall–Kier alpha value is -1.52. The maximum atomic E-state index is 10.1. The van der Waals surface area contributed by atoms with E-state index in [1.165, 1.54) is 16.7 Å². The van der Waals surface area contributed by atoms with E-state index in [9.17, 15) is 5.11 Å². The van der Waals surface area contributed by atoms with Crippen LogP contribution in [0.3, 0.4) is 0 Å². The average Bonchev–Trinajstić information content (AvgIpc) is 2.82. The SMILES string of the molecule is COc1ccc2c3c1O[C@H]1C[C@@H](O)C=C(CCN(C)C2)C31. The van der Waals surface area contributed by atoms with Gasteiger partial charge in [-0.3, -0.25) is 0 Å². The first-order valence-corrected chi connectivity index (χ1v) is 7.61. The molecule has 0 saturated carbocycles. The lowest BCUT2D eigenvalue weighted by atomic mass is 9.77. The third-order valence-electron chi connectivity index (χ3n) is 4.92. The lowest BCUT2D eigenvalue weighted by molar-refractivity contribution is 0.111. The minimum absolute atomic E-state index is 0.0495. The molecule has 21 heavy (non-hydrogen) atoms. The number of aliphatic hydroxyl groups excluding tert-OH is 1. The minimum Gasteiger partial charge on any atom is -0.493 e. The fourth-order valence-electron chi connectivity index (χ4n) is 3.98. The van der Waals surface area contributed by atoms with Gasteiger partial charge in [0.05, 0.1) is 13.2 Å². The second-order valence-electron chi connectivity index (χ2n) is 6.34. The zero-order valence-electron chi connectivity index (χ0n) is 12.5. The summed E-state index contributed by atoms with van der Waals surface area (Å²) in [5.41, 5.74) is 3.92. The van der Waals surface area contributed by atoms with E-state index in [4.69, 9.17) is 9.47 Å². The zero-order valence-corrected chi connectivity index (χ0v) is 12.5. The minimum atomic E-state index is -0.394. The van der Waals surface area contributed by atoms with Gasteiger partial charge in [0.2, 0.25) is 0 Å². The van der Waals surface area contributed by atoms with Crippen LogP contribution in [0.1, 0.15) is 29.9 Å². The maximum absolute atomic E-state index is 10.1. The summed E-state index contributed by atoms with van der Waals surface area (Å²) in [5.74, 6) is 1.99. The standard InChI is InChI=1S/C17H21NO3/c1-18-6-5-10-7-12(19)8-14-15(10)16-11(9-18)3-4-13(20-2)17(16)21-14/h3-4,7,12,14-15,19H,5-6,8-9H2,1-2H3/t12-,14-,15?/m0/s1. The highest BCUT2D eigenvalue weighted by atomic mass is 16.5. The molecule has 3 aliphatic rings. The fourth-order valence-corrected chi connectivity index (χ4v) is 3.98. The molecule has 0 amide bonds. The largest absolute Gasteiger partial charge is 0.493 e. The van der Waals surface area contributed by atoms with Crippen LogP contribution < -0.4 is 9.47 Å². The van der Waals surface area contributed by atoms with Gasteiger partial charge in [0, 0.05) is 31.0 Å². The van der Waals surface area contributed by atoms with Gasteiger partial charge in [-0.25, -0.2) is 0 Å². The van der Waals surface area contributed by atoms with Crippen LogP contribution in [0.5, 0.6) is 11.5 Å². The van der Waals surface area contributed by atoms with Gasteiger partial charge in [-0.2, -0.15) is 0 Å². The Kier molecular flexibility index (Phi) is 2.98. The van der Waals surface area contributed by atoms with Crippen molar-refractivity contribution in [1.29, 1.82) is 0 Å². The zero-order chi connectivity index (χ0) is 14.6. The summed E-state index contributed by atoms with van der Waals surface area (Å²) in [6, 6.07) is 4.16. The summed E-state index contributed by atoms with van der Waals surface area (Å²) in [5, 5.41) is 10.1. The second-order valence-corrected chi connectivity index (χ2v) is 6.34. The number of hydrogen-bond donors (Lipinski definition) is 1. The van der Waals surface area contributed by atoms with E-state index in [2.05, 4.69) is 18.0 Å². The van der Waals surface area contributed by atoms with Gasteiger partial charge < -0.3 is 19.5 Å². The number of nitrogens with zero attached hydrogens (tertiary/aromatic N) is 1. The van der Waals surface area contributed by atoms with Crippen LogP contribution in [0, 0.1) is 0 Å². The van der Waals surface area contributed by atoms with E-state index < -0.39 is 6.10 Å². The molecular formula is C17H21NO3. The quantitative estimate of drug-likeness (QED) is 0.803. The van der Waals surface area contributed by atoms with E-state index in [0.717, 1.165) is 31.0 Å². The van der Waals surface area contributed by atoms with Crippen molar-refractivity contribution in [2.45, 2.75) is 37.5 Å². The fraction of sp³-hybridized carbons (Fsp3) is 0.529. The molecule has 1 N–H and O–H groups in total. The van der Waals surface area contributed by atoms with Crippen molar-refractivity contribution in [3.05, 3.63) is 34.9 Å². The number of rotatable bonds is 1. The molecule has 2 heterocycles. The van der Waals surface area contributed by atoms with Gasteiger partial charge in [-0.15, -0.1) is 0 Å². The average molecular weight is 287 g/mol.